The van der Waals surface area contributed by atoms with Crippen LogP contribution in [0.15, 0.2) is 29.3 Å². The van der Waals surface area contributed by atoms with Crippen LogP contribution >= 0.6 is 0 Å². The average Bonchev–Trinajstić information content (AvgIpc) is 2.69. The van der Waals surface area contributed by atoms with Crippen molar-refractivity contribution in [3.63, 3.8) is 0 Å². The third-order valence-electron chi connectivity index (χ3n) is 4.86. The van der Waals surface area contributed by atoms with Crippen molar-refractivity contribution in [2.24, 2.45) is 10.9 Å². The van der Waals surface area contributed by atoms with Gasteiger partial charge in [0, 0.05) is 6.21 Å². The number of hydrogen-bond acceptors (Lipinski definition) is 5. The predicted octanol–water partition coefficient (Wildman–Crippen LogP) is -2.18. The maximum absolute atomic E-state index is 12.8. The number of aliphatic imine (C=N–C) groups is 1. The molecule has 150 valence electrons. The molecular formula is C19H27N5O4+2. The third-order valence-corrected chi connectivity index (χ3v) is 4.86. The van der Waals surface area contributed by atoms with Crippen molar-refractivity contribution in [3.05, 3.63) is 24.3 Å². The number of carbonyl (C=O) groups is 3. The molecule has 0 aliphatic carbocycles. The molecule has 0 aromatic heterocycles. The minimum atomic E-state index is -1.10. The number of barbiturate groups is 1. The first-order valence-corrected chi connectivity index (χ1v) is 9.67. The maximum atomic E-state index is 12.8. The van der Waals surface area contributed by atoms with Gasteiger partial charge in [0.2, 0.25) is 5.91 Å². The monoisotopic (exact) mass is 389 g/mol. The van der Waals surface area contributed by atoms with Crippen LogP contribution in [0.5, 0.6) is 5.75 Å². The molecule has 0 spiro atoms. The molecule has 0 saturated carbocycles. The molecular weight excluding hydrogens is 362 g/mol. The summed E-state index contributed by atoms with van der Waals surface area (Å²) in [5.41, 5.74) is 0.380. The van der Waals surface area contributed by atoms with E-state index in [1.807, 2.05) is 6.92 Å². The molecule has 9 heteroatoms. The second kappa shape index (κ2) is 9.43. The van der Waals surface area contributed by atoms with E-state index in [9.17, 15) is 14.4 Å². The summed E-state index contributed by atoms with van der Waals surface area (Å²) in [6.45, 7) is 8.22. The summed E-state index contributed by atoms with van der Waals surface area (Å²) in [6, 6.07) is 5.83. The number of amides is 4. The quantitative estimate of drug-likeness (QED) is 0.364. The van der Waals surface area contributed by atoms with Crippen molar-refractivity contribution in [1.82, 2.24) is 5.32 Å². The number of urea groups is 1. The molecule has 1 aromatic carbocycles. The number of ether oxygens (including phenoxy) is 1. The fraction of sp³-hybridized carbons (Fsp3) is 0.474. The Kier molecular flexibility index (Phi) is 6.72. The number of hydrogen-bond donors (Lipinski definition) is 3. The molecule has 0 radical (unpaired) electrons. The van der Waals surface area contributed by atoms with Gasteiger partial charge in [0.1, 0.15) is 31.9 Å². The lowest BCUT2D eigenvalue weighted by atomic mass is 10.1. The van der Waals surface area contributed by atoms with Crippen LogP contribution in [0.4, 0.5) is 10.5 Å². The Balaban J connectivity index is 1.64. The summed E-state index contributed by atoms with van der Waals surface area (Å²) < 4.78 is 5.37. The Morgan fingerprint density at radius 1 is 1.25 bits per heavy atom. The highest BCUT2D eigenvalue weighted by molar-refractivity contribution is 6.32. The van der Waals surface area contributed by atoms with Crippen LogP contribution in [0, 0.1) is 5.92 Å². The number of anilines is 1. The van der Waals surface area contributed by atoms with Gasteiger partial charge < -0.3 is 15.0 Å². The van der Waals surface area contributed by atoms with E-state index in [1.165, 1.54) is 11.1 Å². The molecule has 2 saturated heterocycles. The Morgan fingerprint density at radius 3 is 2.64 bits per heavy atom. The molecule has 4 N–H and O–H groups in total. The van der Waals surface area contributed by atoms with E-state index in [0.717, 1.165) is 37.6 Å². The number of nitrogens with zero attached hydrogens (tertiary/aromatic N) is 2. The van der Waals surface area contributed by atoms with Crippen LogP contribution in [0.1, 0.15) is 6.92 Å². The number of imide groups is 2. The first-order chi connectivity index (χ1) is 13.6. The van der Waals surface area contributed by atoms with Crippen LogP contribution in [0.25, 0.3) is 0 Å². The molecule has 2 heterocycles. The van der Waals surface area contributed by atoms with E-state index < -0.39 is 23.8 Å². The number of benzene rings is 1. The average molecular weight is 389 g/mol. The Bertz CT molecular complexity index is 743. The van der Waals surface area contributed by atoms with Crippen molar-refractivity contribution < 1.29 is 29.3 Å². The molecule has 1 atom stereocenters. The second-order valence-electron chi connectivity index (χ2n) is 6.79. The zero-order chi connectivity index (χ0) is 19.9. The first-order valence-electron chi connectivity index (χ1n) is 9.67. The van der Waals surface area contributed by atoms with E-state index in [2.05, 4.69) is 15.6 Å². The molecule has 2 aliphatic rings. The third kappa shape index (κ3) is 4.73. The topological polar surface area (TPSA) is 109 Å². The van der Waals surface area contributed by atoms with Gasteiger partial charge in [-0.25, -0.2) is 9.69 Å². The summed E-state index contributed by atoms with van der Waals surface area (Å²) in [7, 11) is 0. The van der Waals surface area contributed by atoms with Crippen molar-refractivity contribution in [3.8, 4) is 5.75 Å². The molecule has 28 heavy (non-hydrogen) atoms. The van der Waals surface area contributed by atoms with Gasteiger partial charge in [0.05, 0.1) is 25.4 Å². The minimum Gasteiger partial charge on any atom is -0.494 e. The largest absolute Gasteiger partial charge is 0.494 e. The van der Waals surface area contributed by atoms with Crippen LogP contribution < -0.4 is 25.2 Å². The van der Waals surface area contributed by atoms with Crippen molar-refractivity contribution in [1.29, 1.82) is 0 Å². The van der Waals surface area contributed by atoms with Crippen LogP contribution in [-0.2, 0) is 9.59 Å². The molecule has 3 rings (SSSR count). The Hall–Kier alpha value is -2.78. The molecule has 0 bridgehead atoms. The smallest absolute Gasteiger partial charge is 0.335 e. The lowest BCUT2D eigenvalue weighted by Gasteiger charge is -2.28. The minimum absolute atomic E-state index is 0.380. The van der Waals surface area contributed by atoms with Gasteiger partial charge in [-0.2, -0.15) is 0 Å². The van der Waals surface area contributed by atoms with Crippen molar-refractivity contribution >= 4 is 29.7 Å². The number of rotatable bonds is 7. The Labute approximate surface area is 163 Å². The van der Waals surface area contributed by atoms with E-state index in [-0.39, 0.29) is 0 Å². The van der Waals surface area contributed by atoms with Gasteiger partial charge in [-0.3, -0.25) is 19.9 Å². The highest BCUT2D eigenvalue weighted by Crippen LogP contribution is 2.23. The maximum Gasteiger partial charge on any atom is 0.335 e. The molecule has 2 aliphatic heterocycles. The number of nitrogens with one attached hydrogen (secondary N) is 2. The van der Waals surface area contributed by atoms with Crippen LogP contribution in [-0.4, -0.2) is 69.9 Å². The lowest BCUT2D eigenvalue weighted by molar-refractivity contribution is -0.945. The molecule has 2 fully saturated rings. The van der Waals surface area contributed by atoms with Crippen molar-refractivity contribution in [2.45, 2.75) is 6.92 Å². The van der Waals surface area contributed by atoms with Crippen molar-refractivity contribution in [2.75, 3.05) is 50.8 Å². The van der Waals surface area contributed by atoms with Gasteiger partial charge in [-0.1, -0.05) is 0 Å². The van der Waals surface area contributed by atoms with Crippen LogP contribution in [0.2, 0.25) is 0 Å². The number of piperazine rings is 1. The summed E-state index contributed by atoms with van der Waals surface area (Å²) >= 11 is 0. The number of quaternary nitrogens is 2. The Morgan fingerprint density at radius 2 is 1.96 bits per heavy atom. The van der Waals surface area contributed by atoms with E-state index >= 15 is 0 Å². The highest BCUT2D eigenvalue weighted by Gasteiger charge is 2.40. The van der Waals surface area contributed by atoms with Gasteiger partial charge in [0.25, 0.3) is 5.91 Å². The fourth-order valence-electron chi connectivity index (χ4n) is 3.36. The lowest BCUT2D eigenvalue weighted by Crippen LogP contribution is -3.20. The summed E-state index contributed by atoms with van der Waals surface area (Å²) in [6.07, 6.45) is 1.36. The summed E-state index contributed by atoms with van der Waals surface area (Å²) in [5, 5.41) is 4.53. The molecule has 9 nitrogen and oxygen atoms in total. The zero-order valence-corrected chi connectivity index (χ0v) is 16.0. The van der Waals surface area contributed by atoms with E-state index in [4.69, 9.17) is 4.74 Å². The number of carbonyl (C=O) groups excluding carboxylic acids is 3. The van der Waals surface area contributed by atoms with Gasteiger partial charge in [-0.05, 0) is 31.2 Å². The van der Waals surface area contributed by atoms with Gasteiger partial charge >= 0.3 is 6.03 Å². The summed E-state index contributed by atoms with van der Waals surface area (Å²) in [5.74, 6) is -1.69. The SMILES string of the molecule is CCOc1ccc(N2C(=O)NC(=O)[C@H](C=NCC[NH+]3CC[NH2+]CC3)C2=O)cc1. The predicted molar refractivity (Wildman–Crippen MR) is 103 cm³/mol. The molecule has 0 unspecified atom stereocenters. The molecule has 4 amide bonds. The van der Waals surface area contributed by atoms with Crippen LogP contribution in [0.3, 0.4) is 0 Å². The normalized spacial score (nSPS) is 21.2. The zero-order valence-electron chi connectivity index (χ0n) is 16.0. The fourth-order valence-corrected chi connectivity index (χ4v) is 3.36. The standard InChI is InChI=1S/C19H25N5O4/c1-2-28-15-5-3-14(4-6-15)24-18(26)16(17(25)22-19(24)27)13-21-9-12-23-10-7-20-8-11-23/h3-6,13,16,20H,2,7-12H2,1H3,(H,22,25,27)/p+2/t16-/m0/s1. The molecule has 1 aromatic rings. The number of nitrogens with two attached hydrogens (primary N) is 1. The summed E-state index contributed by atoms with van der Waals surface area (Å²) in [4.78, 5) is 43.8. The van der Waals surface area contributed by atoms with E-state index in [0.29, 0.717) is 24.6 Å². The van der Waals surface area contributed by atoms with E-state index in [1.54, 1.807) is 24.3 Å². The van der Waals surface area contributed by atoms with Gasteiger partial charge in [0.15, 0.2) is 5.92 Å². The second-order valence-corrected chi connectivity index (χ2v) is 6.79. The first kappa shape index (κ1) is 20.0. The highest BCUT2D eigenvalue weighted by atomic mass is 16.5. The van der Waals surface area contributed by atoms with Gasteiger partial charge in [-0.15, -0.1) is 0 Å².